The summed E-state index contributed by atoms with van der Waals surface area (Å²) in [5.41, 5.74) is 0.360. The van der Waals surface area contributed by atoms with E-state index in [1.165, 1.54) is 0 Å². The van der Waals surface area contributed by atoms with Gasteiger partial charge in [0.1, 0.15) is 6.07 Å². The fourth-order valence-electron chi connectivity index (χ4n) is 1.13. The Kier molecular flexibility index (Phi) is 1.95. The van der Waals surface area contributed by atoms with Gasteiger partial charge in [0, 0.05) is 15.2 Å². The monoisotopic (exact) mass is 233 g/mol. The Morgan fingerprint density at radius 2 is 2.23 bits per heavy atom. The van der Waals surface area contributed by atoms with E-state index in [0.717, 1.165) is 15.2 Å². The van der Waals surface area contributed by atoms with Crippen LogP contribution in [0.1, 0.15) is 5.69 Å². The lowest BCUT2D eigenvalue weighted by Crippen LogP contribution is -1.88. The number of hydrogen-bond acceptors (Lipinski definition) is 3. The van der Waals surface area contributed by atoms with E-state index in [2.05, 4.69) is 26.1 Å². The molecular formula is C9H4BrN3. The highest BCUT2D eigenvalue weighted by Gasteiger charge is 2.01. The van der Waals surface area contributed by atoms with Crippen molar-refractivity contribution in [2.75, 3.05) is 0 Å². The van der Waals surface area contributed by atoms with E-state index in [4.69, 9.17) is 5.26 Å². The molecule has 0 aliphatic rings. The van der Waals surface area contributed by atoms with E-state index in [0.29, 0.717) is 5.69 Å². The molecule has 3 nitrogen and oxygen atoms in total. The lowest BCUT2D eigenvalue weighted by atomic mass is 10.1. The van der Waals surface area contributed by atoms with Gasteiger partial charge in [-0.25, -0.2) is 0 Å². The summed E-state index contributed by atoms with van der Waals surface area (Å²) >= 11 is 3.34. The molecule has 2 aromatic rings. The van der Waals surface area contributed by atoms with Crippen LogP contribution in [0.4, 0.5) is 0 Å². The van der Waals surface area contributed by atoms with Gasteiger partial charge in [-0.2, -0.15) is 10.4 Å². The van der Waals surface area contributed by atoms with Crippen LogP contribution in [0, 0.1) is 11.3 Å². The first-order chi connectivity index (χ1) is 6.31. The quantitative estimate of drug-likeness (QED) is 0.702. The highest BCUT2D eigenvalue weighted by Crippen LogP contribution is 2.20. The molecule has 1 aromatic heterocycles. The van der Waals surface area contributed by atoms with Crippen molar-refractivity contribution in [1.29, 1.82) is 5.26 Å². The number of hydrogen-bond donors (Lipinski definition) is 0. The number of aromatic nitrogens is 2. The van der Waals surface area contributed by atoms with Gasteiger partial charge in [-0.1, -0.05) is 22.0 Å². The Labute approximate surface area is 83.1 Å². The molecule has 0 saturated carbocycles. The first kappa shape index (κ1) is 8.14. The molecule has 0 radical (unpaired) electrons. The van der Waals surface area contributed by atoms with Crippen LogP contribution in [0.2, 0.25) is 0 Å². The average Bonchev–Trinajstić information content (AvgIpc) is 2.17. The van der Waals surface area contributed by atoms with Gasteiger partial charge in [0.05, 0.1) is 6.20 Å². The van der Waals surface area contributed by atoms with Gasteiger partial charge in [0.2, 0.25) is 0 Å². The van der Waals surface area contributed by atoms with Crippen molar-refractivity contribution < 1.29 is 0 Å². The standard InChI is InChI=1S/C9H4BrN3/c10-7-2-1-6-5-12-13-9(4-11)8(6)3-7/h1-3,5H. The van der Waals surface area contributed by atoms with Gasteiger partial charge < -0.3 is 0 Å². The Bertz CT molecular complexity index is 502. The Hall–Kier alpha value is -1.47. The normalized spacial score (nSPS) is 9.85. The van der Waals surface area contributed by atoms with Gasteiger partial charge in [-0.05, 0) is 12.1 Å². The number of benzene rings is 1. The summed E-state index contributed by atoms with van der Waals surface area (Å²) < 4.78 is 0.935. The molecule has 1 aromatic carbocycles. The molecule has 4 heteroatoms. The third-order valence-corrected chi connectivity index (χ3v) is 2.22. The maximum absolute atomic E-state index is 8.76. The van der Waals surface area contributed by atoms with Crippen molar-refractivity contribution in [1.82, 2.24) is 10.2 Å². The molecule has 2 rings (SSSR count). The fraction of sp³-hybridized carbons (Fsp3) is 0. The lowest BCUT2D eigenvalue weighted by Gasteiger charge is -1.97. The van der Waals surface area contributed by atoms with Gasteiger partial charge in [0.25, 0.3) is 0 Å². The summed E-state index contributed by atoms with van der Waals surface area (Å²) in [6.07, 6.45) is 1.64. The Morgan fingerprint density at radius 1 is 1.38 bits per heavy atom. The maximum Gasteiger partial charge on any atom is 0.170 e. The van der Waals surface area contributed by atoms with E-state index in [9.17, 15) is 0 Å². The minimum Gasteiger partial charge on any atom is -0.191 e. The third kappa shape index (κ3) is 1.38. The van der Waals surface area contributed by atoms with Gasteiger partial charge >= 0.3 is 0 Å². The van der Waals surface area contributed by atoms with Crippen LogP contribution in [-0.4, -0.2) is 10.2 Å². The van der Waals surface area contributed by atoms with E-state index >= 15 is 0 Å². The minimum atomic E-state index is 0.360. The van der Waals surface area contributed by atoms with Gasteiger partial charge in [0.15, 0.2) is 5.69 Å². The summed E-state index contributed by atoms with van der Waals surface area (Å²) in [5, 5.41) is 18.0. The van der Waals surface area contributed by atoms with Crippen LogP contribution in [0.15, 0.2) is 28.9 Å². The molecular weight excluding hydrogens is 230 g/mol. The van der Waals surface area contributed by atoms with Crippen LogP contribution >= 0.6 is 15.9 Å². The molecule has 1 heterocycles. The summed E-state index contributed by atoms with van der Waals surface area (Å²) in [5.74, 6) is 0. The Balaban J connectivity index is 2.89. The topological polar surface area (TPSA) is 49.6 Å². The van der Waals surface area contributed by atoms with Crippen LogP contribution in [0.3, 0.4) is 0 Å². The number of nitrogens with zero attached hydrogens (tertiary/aromatic N) is 3. The van der Waals surface area contributed by atoms with Crippen LogP contribution in [0.5, 0.6) is 0 Å². The fourth-order valence-corrected chi connectivity index (χ4v) is 1.49. The van der Waals surface area contributed by atoms with E-state index in [1.54, 1.807) is 6.20 Å². The lowest BCUT2D eigenvalue weighted by molar-refractivity contribution is 1.03. The SMILES string of the molecule is N#Cc1nncc2ccc(Br)cc12. The van der Waals surface area contributed by atoms with Crippen LogP contribution < -0.4 is 0 Å². The van der Waals surface area contributed by atoms with Crippen molar-refractivity contribution >= 4 is 26.7 Å². The number of rotatable bonds is 0. The van der Waals surface area contributed by atoms with Crippen molar-refractivity contribution in [3.8, 4) is 6.07 Å². The minimum absolute atomic E-state index is 0.360. The number of fused-ring (bicyclic) bond motifs is 1. The maximum atomic E-state index is 8.76. The smallest absolute Gasteiger partial charge is 0.170 e. The van der Waals surface area contributed by atoms with Gasteiger partial charge in [-0.15, -0.1) is 5.10 Å². The molecule has 0 unspecified atom stereocenters. The first-order valence-corrected chi connectivity index (χ1v) is 4.41. The zero-order chi connectivity index (χ0) is 9.26. The molecule has 0 aliphatic heterocycles. The molecule has 62 valence electrons. The van der Waals surface area contributed by atoms with Crippen LogP contribution in [0.25, 0.3) is 10.8 Å². The second kappa shape index (κ2) is 3.11. The highest BCUT2D eigenvalue weighted by molar-refractivity contribution is 9.10. The molecule has 0 bridgehead atoms. The molecule has 0 aliphatic carbocycles. The predicted octanol–water partition coefficient (Wildman–Crippen LogP) is 2.26. The number of halogens is 1. The summed E-state index contributed by atoms with van der Waals surface area (Å²) in [4.78, 5) is 0. The average molecular weight is 234 g/mol. The largest absolute Gasteiger partial charge is 0.191 e. The molecule has 0 fully saturated rings. The second-order valence-electron chi connectivity index (χ2n) is 2.54. The van der Waals surface area contributed by atoms with Crippen molar-refractivity contribution in [2.24, 2.45) is 0 Å². The predicted molar refractivity (Wildman–Crippen MR) is 52.0 cm³/mol. The van der Waals surface area contributed by atoms with Crippen molar-refractivity contribution in [3.05, 3.63) is 34.6 Å². The summed E-state index contributed by atoms with van der Waals surface area (Å²) in [6.45, 7) is 0. The Morgan fingerprint density at radius 3 is 3.00 bits per heavy atom. The number of nitriles is 1. The van der Waals surface area contributed by atoms with E-state index in [-0.39, 0.29) is 0 Å². The van der Waals surface area contributed by atoms with Crippen molar-refractivity contribution in [3.63, 3.8) is 0 Å². The molecule has 0 amide bonds. The van der Waals surface area contributed by atoms with Crippen molar-refractivity contribution in [2.45, 2.75) is 0 Å². The van der Waals surface area contributed by atoms with E-state index < -0.39 is 0 Å². The van der Waals surface area contributed by atoms with Gasteiger partial charge in [-0.3, -0.25) is 0 Å². The summed E-state index contributed by atoms with van der Waals surface area (Å²) in [6, 6.07) is 7.67. The molecule has 0 atom stereocenters. The highest BCUT2D eigenvalue weighted by atomic mass is 79.9. The van der Waals surface area contributed by atoms with Crippen LogP contribution in [-0.2, 0) is 0 Å². The van der Waals surface area contributed by atoms with E-state index in [1.807, 2.05) is 24.3 Å². The second-order valence-corrected chi connectivity index (χ2v) is 3.45. The zero-order valence-corrected chi connectivity index (χ0v) is 8.12. The zero-order valence-electron chi connectivity index (χ0n) is 6.53. The molecule has 0 N–H and O–H groups in total. The molecule has 13 heavy (non-hydrogen) atoms. The molecule has 0 saturated heterocycles. The summed E-state index contributed by atoms with van der Waals surface area (Å²) in [7, 11) is 0. The third-order valence-electron chi connectivity index (χ3n) is 1.73. The first-order valence-electron chi connectivity index (χ1n) is 3.62. The molecule has 0 spiro atoms.